The molecule has 34 heavy (non-hydrogen) atoms. The Morgan fingerprint density at radius 2 is 1.85 bits per heavy atom. The Kier molecular flexibility index (Phi) is 7.14. The number of nitrogens with one attached hydrogen (secondary N) is 1. The van der Waals surface area contributed by atoms with E-state index in [1.807, 2.05) is 6.07 Å². The number of pyridine rings is 1. The zero-order valence-corrected chi connectivity index (χ0v) is 19.7. The van der Waals surface area contributed by atoms with Crippen LogP contribution in [0.4, 0.5) is 5.69 Å². The van der Waals surface area contributed by atoms with Crippen LogP contribution in [-0.4, -0.2) is 49.6 Å². The van der Waals surface area contributed by atoms with Crippen LogP contribution >= 0.6 is 0 Å². The second kappa shape index (κ2) is 10.2. The molecule has 0 bridgehead atoms. The molecular formula is C25H27N3O5S. The molecule has 2 N–H and O–H groups in total. The normalized spacial score (nSPS) is 15.1. The number of sulfone groups is 1. The summed E-state index contributed by atoms with van der Waals surface area (Å²) in [6.07, 6.45) is 5.21. The van der Waals surface area contributed by atoms with Crippen LogP contribution in [0, 0.1) is 0 Å². The summed E-state index contributed by atoms with van der Waals surface area (Å²) in [5, 5.41) is 11.7. The molecule has 3 aromatic rings. The molecule has 9 heteroatoms. The molecule has 1 saturated heterocycles. The second-order valence-corrected chi connectivity index (χ2v) is 10.2. The molecule has 0 aliphatic carbocycles. The van der Waals surface area contributed by atoms with E-state index < -0.39 is 21.2 Å². The fourth-order valence-corrected chi connectivity index (χ4v) is 5.72. The third kappa shape index (κ3) is 5.05. The van der Waals surface area contributed by atoms with Crippen molar-refractivity contribution in [3.05, 3.63) is 83.7 Å². The third-order valence-corrected chi connectivity index (χ3v) is 7.87. The summed E-state index contributed by atoms with van der Waals surface area (Å²) in [5.41, 5.74) is 1.47. The van der Waals surface area contributed by atoms with Crippen molar-refractivity contribution in [1.82, 2.24) is 9.88 Å². The van der Waals surface area contributed by atoms with Gasteiger partial charge in [-0.15, -0.1) is 0 Å². The number of likely N-dealkylation sites (tertiary alicyclic amines) is 1. The number of carbonyl (C=O) groups is 1. The first-order valence-electron chi connectivity index (χ1n) is 11.0. The van der Waals surface area contributed by atoms with Crippen molar-refractivity contribution < 1.29 is 23.1 Å². The van der Waals surface area contributed by atoms with Crippen molar-refractivity contribution in [3.63, 3.8) is 0 Å². The molecule has 4 rings (SSSR count). The van der Waals surface area contributed by atoms with Crippen molar-refractivity contribution in [1.29, 1.82) is 0 Å². The topological polar surface area (TPSA) is 109 Å². The number of anilines is 1. The monoisotopic (exact) mass is 481 g/mol. The summed E-state index contributed by atoms with van der Waals surface area (Å²) in [6, 6.07) is 14.5. The highest BCUT2D eigenvalue weighted by Crippen LogP contribution is 2.34. The lowest BCUT2D eigenvalue weighted by Gasteiger charge is -2.25. The summed E-state index contributed by atoms with van der Waals surface area (Å²) in [6.45, 7) is 2.38. The number of benzene rings is 2. The first-order chi connectivity index (χ1) is 16.4. The molecule has 0 spiro atoms. The number of methoxy groups -OCH3 is 1. The number of rotatable bonds is 9. The zero-order valence-electron chi connectivity index (χ0n) is 18.8. The molecule has 1 aliphatic rings. The molecule has 178 valence electrons. The Balaban J connectivity index is 1.80. The van der Waals surface area contributed by atoms with E-state index in [0.717, 1.165) is 31.5 Å². The van der Waals surface area contributed by atoms with Gasteiger partial charge < -0.3 is 15.2 Å². The van der Waals surface area contributed by atoms with Gasteiger partial charge in [-0.2, -0.15) is 0 Å². The van der Waals surface area contributed by atoms with Crippen LogP contribution in [0.5, 0.6) is 5.75 Å². The molecule has 1 fully saturated rings. The largest absolute Gasteiger partial charge is 0.497 e. The van der Waals surface area contributed by atoms with E-state index >= 15 is 0 Å². The Bertz CT molecular complexity index is 1240. The SMILES string of the molecule is COc1ccc(S(=O)(=O)C(Nc2c(CN3CCCC3)cccc2C(=O)O)c2cccnc2)cc1. The fraction of sp³-hybridized carbons (Fsp3) is 0.280. The Hall–Kier alpha value is -3.43. The van der Waals surface area contributed by atoms with E-state index in [-0.39, 0.29) is 10.5 Å². The molecule has 2 aromatic carbocycles. The second-order valence-electron chi connectivity index (χ2n) is 8.16. The number of ether oxygens (including phenoxy) is 1. The molecule has 1 atom stereocenters. The highest BCUT2D eigenvalue weighted by atomic mass is 32.2. The maximum Gasteiger partial charge on any atom is 0.337 e. The number of nitrogens with zero attached hydrogens (tertiary/aromatic N) is 2. The highest BCUT2D eigenvalue weighted by Gasteiger charge is 2.32. The van der Waals surface area contributed by atoms with Crippen LogP contribution in [0.25, 0.3) is 0 Å². The number of hydrogen-bond acceptors (Lipinski definition) is 7. The van der Waals surface area contributed by atoms with Gasteiger partial charge in [-0.1, -0.05) is 18.2 Å². The van der Waals surface area contributed by atoms with E-state index in [9.17, 15) is 18.3 Å². The average Bonchev–Trinajstić information content (AvgIpc) is 3.36. The van der Waals surface area contributed by atoms with E-state index in [1.54, 1.807) is 36.5 Å². The van der Waals surface area contributed by atoms with Crippen molar-refractivity contribution in [3.8, 4) is 5.75 Å². The first kappa shape index (κ1) is 23.7. The smallest absolute Gasteiger partial charge is 0.337 e. The van der Waals surface area contributed by atoms with Crippen molar-refractivity contribution in [2.75, 3.05) is 25.5 Å². The van der Waals surface area contributed by atoms with Gasteiger partial charge in [0.2, 0.25) is 9.84 Å². The number of aromatic carboxylic acids is 1. The van der Waals surface area contributed by atoms with Gasteiger partial charge >= 0.3 is 5.97 Å². The summed E-state index contributed by atoms with van der Waals surface area (Å²) in [5.74, 6) is -0.591. The maximum atomic E-state index is 13.8. The molecular weight excluding hydrogens is 454 g/mol. The Labute approximate surface area is 199 Å². The predicted molar refractivity (Wildman–Crippen MR) is 129 cm³/mol. The summed E-state index contributed by atoms with van der Waals surface area (Å²) >= 11 is 0. The fourth-order valence-electron chi connectivity index (χ4n) is 4.17. The van der Waals surface area contributed by atoms with Gasteiger partial charge in [-0.05, 0) is 67.9 Å². The summed E-state index contributed by atoms with van der Waals surface area (Å²) in [7, 11) is -2.47. The lowest BCUT2D eigenvalue weighted by molar-refractivity contribution is 0.0697. The maximum absolute atomic E-state index is 13.8. The van der Waals surface area contributed by atoms with Crippen molar-refractivity contribution in [2.24, 2.45) is 0 Å². The number of carboxylic acids is 1. The number of carboxylic acid groups (broad SMARTS) is 1. The molecule has 0 amide bonds. The standard InChI is InChI=1S/C25H27N3O5S/c1-33-20-9-11-21(12-10-20)34(31,32)24(18-7-5-13-26-16-18)27-23-19(17-28-14-2-3-15-28)6-4-8-22(23)25(29)30/h4-13,16,24,27H,2-3,14-15,17H2,1H3,(H,29,30). The van der Waals surface area contributed by atoms with Crippen LogP contribution in [0.2, 0.25) is 0 Å². The molecule has 8 nitrogen and oxygen atoms in total. The highest BCUT2D eigenvalue weighted by molar-refractivity contribution is 7.91. The first-order valence-corrected chi connectivity index (χ1v) is 12.6. The Morgan fingerprint density at radius 1 is 1.12 bits per heavy atom. The number of hydrogen-bond donors (Lipinski definition) is 2. The van der Waals surface area contributed by atoms with Gasteiger partial charge in [-0.25, -0.2) is 13.2 Å². The number of aromatic nitrogens is 1. The zero-order chi connectivity index (χ0) is 24.1. The minimum Gasteiger partial charge on any atom is -0.497 e. The Morgan fingerprint density at radius 3 is 2.47 bits per heavy atom. The van der Waals surface area contributed by atoms with Gasteiger partial charge in [0.25, 0.3) is 0 Å². The van der Waals surface area contributed by atoms with Gasteiger partial charge in [0, 0.05) is 24.5 Å². The predicted octanol–water partition coefficient (Wildman–Crippen LogP) is 3.97. The van der Waals surface area contributed by atoms with Gasteiger partial charge in [-0.3, -0.25) is 9.88 Å². The molecule has 2 heterocycles. The molecule has 1 unspecified atom stereocenters. The van der Waals surface area contributed by atoms with E-state index in [4.69, 9.17) is 4.74 Å². The minimum atomic E-state index is -3.98. The average molecular weight is 482 g/mol. The molecule has 0 saturated carbocycles. The van der Waals surface area contributed by atoms with Crippen molar-refractivity contribution >= 4 is 21.5 Å². The van der Waals surface area contributed by atoms with Crippen LogP contribution < -0.4 is 10.1 Å². The molecule has 1 aliphatic heterocycles. The molecule has 1 aromatic heterocycles. The van der Waals surface area contributed by atoms with Crippen LogP contribution in [0.3, 0.4) is 0 Å². The van der Waals surface area contributed by atoms with Gasteiger partial charge in [0.1, 0.15) is 5.75 Å². The van der Waals surface area contributed by atoms with Gasteiger partial charge in [0.15, 0.2) is 5.37 Å². The van der Waals surface area contributed by atoms with E-state index in [0.29, 0.717) is 23.5 Å². The number of para-hydroxylation sites is 1. The van der Waals surface area contributed by atoms with Crippen LogP contribution in [0.1, 0.15) is 39.7 Å². The quantitative estimate of drug-likeness (QED) is 0.473. The van der Waals surface area contributed by atoms with E-state index in [1.165, 1.54) is 31.5 Å². The third-order valence-electron chi connectivity index (χ3n) is 5.93. The minimum absolute atomic E-state index is 0.0236. The van der Waals surface area contributed by atoms with Crippen LogP contribution in [0.15, 0.2) is 71.9 Å². The lowest BCUT2D eigenvalue weighted by Crippen LogP contribution is -2.25. The molecule has 0 radical (unpaired) electrons. The summed E-state index contributed by atoms with van der Waals surface area (Å²) in [4.78, 5) is 18.5. The van der Waals surface area contributed by atoms with E-state index in [2.05, 4.69) is 15.2 Å². The van der Waals surface area contributed by atoms with Crippen molar-refractivity contribution in [2.45, 2.75) is 29.7 Å². The van der Waals surface area contributed by atoms with Crippen LogP contribution in [-0.2, 0) is 16.4 Å². The lowest BCUT2D eigenvalue weighted by atomic mass is 10.1. The summed E-state index contributed by atoms with van der Waals surface area (Å²) < 4.78 is 32.7. The van der Waals surface area contributed by atoms with Gasteiger partial charge in [0.05, 0.1) is 23.3 Å².